The number of esters is 2. The number of ketones is 1. The van der Waals surface area contributed by atoms with Crippen molar-refractivity contribution in [3.8, 4) is 0 Å². The van der Waals surface area contributed by atoms with E-state index in [0.717, 1.165) is 12.2 Å². The fourth-order valence-electron chi connectivity index (χ4n) is 1.89. The lowest BCUT2D eigenvalue weighted by molar-refractivity contribution is -0.153. The van der Waals surface area contributed by atoms with E-state index in [-0.39, 0.29) is 25.4 Å². The summed E-state index contributed by atoms with van der Waals surface area (Å²) in [6, 6.07) is 7.24. The van der Waals surface area contributed by atoms with Crippen molar-refractivity contribution in [3.05, 3.63) is 48.0 Å². The molecule has 7 nitrogen and oxygen atoms in total. The third kappa shape index (κ3) is 7.43. The number of benzene rings is 1. The van der Waals surface area contributed by atoms with Crippen LogP contribution in [0.3, 0.4) is 0 Å². The zero-order valence-corrected chi connectivity index (χ0v) is 14.2. The van der Waals surface area contributed by atoms with Gasteiger partial charge in [0.2, 0.25) is 5.91 Å². The number of rotatable bonds is 9. The Balaban J connectivity index is 2.70. The molecule has 0 aliphatic heterocycles. The molecule has 0 fully saturated rings. The molecule has 1 atom stereocenters. The minimum absolute atomic E-state index is 0.108. The Hall–Kier alpha value is -2.96. The van der Waals surface area contributed by atoms with Crippen molar-refractivity contribution in [2.45, 2.75) is 26.3 Å². The van der Waals surface area contributed by atoms with Gasteiger partial charge in [-0.25, -0.2) is 4.79 Å². The molecule has 0 spiro atoms. The molecule has 0 heterocycles. The fraction of sp³-hybridized carbons (Fsp3) is 0.333. The molecule has 0 saturated heterocycles. The van der Waals surface area contributed by atoms with Crippen LogP contribution in [0.2, 0.25) is 0 Å². The van der Waals surface area contributed by atoms with Gasteiger partial charge in [0.05, 0.1) is 19.6 Å². The molecule has 1 aromatic carbocycles. The molecule has 1 aromatic rings. The Morgan fingerprint density at radius 2 is 1.64 bits per heavy atom. The van der Waals surface area contributed by atoms with Gasteiger partial charge in [-0.05, 0) is 19.9 Å². The Morgan fingerprint density at radius 3 is 2.24 bits per heavy atom. The van der Waals surface area contributed by atoms with Gasteiger partial charge < -0.3 is 14.8 Å². The summed E-state index contributed by atoms with van der Waals surface area (Å²) >= 11 is 0. The van der Waals surface area contributed by atoms with E-state index in [0.29, 0.717) is 5.56 Å². The Kier molecular flexibility index (Phi) is 8.63. The molecule has 0 radical (unpaired) electrons. The molecule has 1 N–H and O–H groups in total. The Labute approximate surface area is 146 Å². The Bertz CT molecular complexity index is 638. The van der Waals surface area contributed by atoms with E-state index < -0.39 is 23.9 Å². The predicted octanol–water partition coefficient (Wildman–Crippen LogP) is 1.43. The molecule has 0 aromatic heterocycles. The van der Waals surface area contributed by atoms with Gasteiger partial charge in [-0.15, -0.1) is 0 Å². The Morgan fingerprint density at radius 1 is 1.00 bits per heavy atom. The minimum atomic E-state index is -1.18. The fourth-order valence-corrected chi connectivity index (χ4v) is 1.89. The van der Waals surface area contributed by atoms with Crippen LogP contribution in [0.1, 0.15) is 30.6 Å². The highest BCUT2D eigenvalue weighted by Crippen LogP contribution is 2.02. The number of nitrogens with one attached hydrogen (secondary N) is 1. The van der Waals surface area contributed by atoms with Crippen molar-refractivity contribution in [2.75, 3.05) is 13.2 Å². The zero-order chi connectivity index (χ0) is 18.7. The summed E-state index contributed by atoms with van der Waals surface area (Å²) in [5.41, 5.74) is 0.431. The highest BCUT2D eigenvalue weighted by Gasteiger charge is 2.25. The standard InChI is InChI=1S/C18H21NO6/c1-3-24-17(22)12-14(18(23)25-4-2)19-16(21)11-10-15(20)13-8-6-5-7-9-13/h5-11,14H,3-4,12H2,1-2H3,(H,19,21)/b11-10+/t14-/m0/s1. The molecule has 0 aliphatic carbocycles. The van der Waals surface area contributed by atoms with Gasteiger partial charge in [0, 0.05) is 11.6 Å². The number of allylic oxidation sites excluding steroid dienone is 1. The van der Waals surface area contributed by atoms with Crippen molar-refractivity contribution in [1.82, 2.24) is 5.32 Å². The topological polar surface area (TPSA) is 98.8 Å². The summed E-state index contributed by atoms with van der Waals surface area (Å²) in [6.45, 7) is 3.51. The van der Waals surface area contributed by atoms with Crippen LogP contribution in [0, 0.1) is 0 Å². The summed E-state index contributed by atoms with van der Waals surface area (Å²) in [4.78, 5) is 47.2. The molecular weight excluding hydrogens is 326 g/mol. The van der Waals surface area contributed by atoms with Gasteiger partial charge in [0.15, 0.2) is 5.78 Å². The number of amides is 1. The average molecular weight is 347 g/mol. The first-order chi connectivity index (χ1) is 12.0. The van der Waals surface area contributed by atoms with E-state index >= 15 is 0 Å². The van der Waals surface area contributed by atoms with E-state index in [2.05, 4.69) is 5.32 Å². The monoisotopic (exact) mass is 347 g/mol. The summed E-state index contributed by atoms with van der Waals surface area (Å²) in [7, 11) is 0. The molecule has 0 bridgehead atoms. The van der Waals surface area contributed by atoms with Crippen LogP contribution in [0.5, 0.6) is 0 Å². The van der Waals surface area contributed by atoms with E-state index in [4.69, 9.17) is 9.47 Å². The van der Waals surface area contributed by atoms with Crippen molar-refractivity contribution in [1.29, 1.82) is 0 Å². The van der Waals surface area contributed by atoms with Crippen LogP contribution < -0.4 is 5.32 Å². The van der Waals surface area contributed by atoms with Crippen LogP contribution >= 0.6 is 0 Å². The molecule has 0 unspecified atom stereocenters. The van der Waals surface area contributed by atoms with Gasteiger partial charge in [0.1, 0.15) is 6.04 Å². The molecule has 1 rings (SSSR count). The molecule has 25 heavy (non-hydrogen) atoms. The normalized spacial score (nSPS) is 11.6. The summed E-state index contributed by atoms with van der Waals surface area (Å²) in [6.07, 6.45) is 1.75. The SMILES string of the molecule is CCOC(=O)C[C@H](NC(=O)/C=C/C(=O)c1ccccc1)C(=O)OCC. The highest BCUT2D eigenvalue weighted by molar-refractivity contribution is 6.07. The first kappa shape index (κ1) is 20.1. The number of carbonyl (C=O) groups excluding carboxylic acids is 4. The van der Waals surface area contributed by atoms with E-state index in [1.807, 2.05) is 0 Å². The van der Waals surface area contributed by atoms with Gasteiger partial charge in [-0.2, -0.15) is 0 Å². The van der Waals surface area contributed by atoms with Crippen molar-refractivity contribution in [3.63, 3.8) is 0 Å². The number of hydrogen-bond acceptors (Lipinski definition) is 6. The smallest absolute Gasteiger partial charge is 0.329 e. The number of hydrogen-bond donors (Lipinski definition) is 1. The van der Waals surface area contributed by atoms with Gasteiger partial charge in [-0.1, -0.05) is 30.3 Å². The van der Waals surface area contributed by atoms with Crippen LogP contribution in [-0.2, 0) is 23.9 Å². The van der Waals surface area contributed by atoms with Gasteiger partial charge in [0.25, 0.3) is 0 Å². The van der Waals surface area contributed by atoms with Crippen LogP contribution in [0.4, 0.5) is 0 Å². The average Bonchev–Trinajstić information content (AvgIpc) is 2.60. The highest BCUT2D eigenvalue weighted by atomic mass is 16.5. The van der Waals surface area contributed by atoms with E-state index in [9.17, 15) is 19.2 Å². The summed E-state index contributed by atoms with van der Waals surface area (Å²) in [5, 5.41) is 2.34. The van der Waals surface area contributed by atoms with Crippen LogP contribution in [0.15, 0.2) is 42.5 Å². The van der Waals surface area contributed by atoms with Gasteiger partial charge >= 0.3 is 11.9 Å². The maximum Gasteiger partial charge on any atom is 0.329 e. The van der Waals surface area contributed by atoms with Gasteiger partial charge in [-0.3, -0.25) is 14.4 Å². The minimum Gasteiger partial charge on any atom is -0.466 e. The molecule has 134 valence electrons. The second kappa shape index (κ2) is 10.7. The van der Waals surface area contributed by atoms with E-state index in [1.165, 1.54) is 0 Å². The summed E-state index contributed by atoms with van der Waals surface area (Å²) in [5.74, 6) is -2.42. The lowest BCUT2D eigenvalue weighted by Gasteiger charge is -2.15. The predicted molar refractivity (Wildman–Crippen MR) is 89.7 cm³/mol. The molecule has 0 saturated carbocycles. The van der Waals surface area contributed by atoms with E-state index in [1.54, 1.807) is 44.2 Å². The second-order valence-electron chi connectivity index (χ2n) is 4.89. The first-order valence-electron chi connectivity index (χ1n) is 7.88. The number of ether oxygens (including phenoxy) is 2. The summed E-state index contributed by atoms with van der Waals surface area (Å²) < 4.78 is 9.59. The van der Waals surface area contributed by atoms with Crippen molar-refractivity contribution in [2.24, 2.45) is 0 Å². The number of carbonyl (C=O) groups is 4. The lowest BCUT2D eigenvalue weighted by atomic mass is 10.1. The quantitative estimate of drug-likeness (QED) is 0.412. The van der Waals surface area contributed by atoms with Crippen molar-refractivity contribution >= 4 is 23.6 Å². The largest absolute Gasteiger partial charge is 0.466 e. The maximum absolute atomic E-state index is 11.9. The second-order valence-corrected chi connectivity index (χ2v) is 4.89. The third-order valence-electron chi connectivity index (χ3n) is 3.01. The molecule has 1 amide bonds. The lowest BCUT2D eigenvalue weighted by Crippen LogP contribution is -2.43. The zero-order valence-electron chi connectivity index (χ0n) is 14.2. The third-order valence-corrected chi connectivity index (χ3v) is 3.01. The maximum atomic E-state index is 11.9. The molecular formula is C18H21NO6. The first-order valence-corrected chi connectivity index (χ1v) is 7.88. The molecule has 0 aliphatic rings. The van der Waals surface area contributed by atoms with Crippen LogP contribution in [0.25, 0.3) is 0 Å². The molecule has 7 heteroatoms. The van der Waals surface area contributed by atoms with Crippen molar-refractivity contribution < 1.29 is 28.7 Å². The van der Waals surface area contributed by atoms with Crippen LogP contribution in [-0.4, -0.2) is 42.9 Å².